The van der Waals surface area contributed by atoms with Crippen molar-refractivity contribution < 1.29 is 15.0 Å². The Morgan fingerprint density at radius 1 is 1.46 bits per heavy atom. The minimum atomic E-state index is -0.921. The first kappa shape index (κ1) is 12.4. The highest BCUT2D eigenvalue weighted by Gasteiger charge is 2.12. The predicted octanol–water partition coefficient (Wildman–Crippen LogP) is 2.04. The summed E-state index contributed by atoms with van der Waals surface area (Å²) in [5.41, 5.74) is 0. The quantitative estimate of drug-likeness (QED) is 0.642. The number of carbonyl (C=O) groups is 1. The van der Waals surface area contributed by atoms with Crippen molar-refractivity contribution in [3.8, 4) is 0 Å². The number of unbranched alkanes of at least 4 members (excludes halogenated alkanes) is 1. The molecular formula is C10H20O3. The number of aliphatic carboxylic acids is 1. The Balaban J connectivity index is 3.52. The minimum absolute atomic E-state index is 0.129. The van der Waals surface area contributed by atoms with Gasteiger partial charge in [0.05, 0.1) is 12.5 Å². The van der Waals surface area contributed by atoms with Gasteiger partial charge in [0.1, 0.15) is 0 Å². The average molecular weight is 188 g/mol. The average Bonchev–Trinajstić information content (AvgIpc) is 1.98. The number of rotatable bonds is 7. The van der Waals surface area contributed by atoms with E-state index in [0.717, 1.165) is 19.3 Å². The van der Waals surface area contributed by atoms with Crippen molar-refractivity contribution in [3.63, 3.8) is 0 Å². The molecule has 78 valence electrons. The largest absolute Gasteiger partial charge is 0.481 e. The van der Waals surface area contributed by atoms with Gasteiger partial charge in [-0.25, -0.2) is 0 Å². The molecule has 0 rings (SSSR count). The van der Waals surface area contributed by atoms with Gasteiger partial charge < -0.3 is 10.2 Å². The summed E-state index contributed by atoms with van der Waals surface area (Å²) >= 11 is 0. The van der Waals surface area contributed by atoms with Crippen molar-refractivity contribution >= 4 is 5.97 Å². The fourth-order valence-corrected chi connectivity index (χ4v) is 1.42. The van der Waals surface area contributed by atoms with Crippen LogP contribution in [0.5, 0.6) is 0 Å². The van der Waals surface area contributed by atoms with Crippen molar-refractivity contribution in [2.45, 2.75) is 52.1 Å². The summed E-state index contributed by atoms with van der Waals surface area (Å²) in [6, 6.07) is 0. The van der Waals surface area contributed by atoms with Crippen LogP contribution in [0, 0.1) is 5.92 Å². The molecule has 0 aliphatic heterocycles. The summed E-state index contributed by atoms with van der Waals surface area (Å²) in [6.07, 6.45) is 3.18. The van der Waals surface area contributed by atoms with Crippen LogP contribution in [0.2, 0.25) is 0 Å². The highest BCUT2D eigenvalue weighted by atomic mass is 16.4. The summed E-state index contributed by atoms with van der Waals surface area (Å²) in [4.78, 5) is 10.2. The molecule has 2 N–H and O–H groups in total. The molecule has 0 aliphatic rings. The van der Waals surface area contributed by atoms with E-state index >= 15 is 0 Å². The van der Waals surface area contributed by atoms with Crippen LogP contribution in [0.3, 0.4) is 0 Å². The van der Waals surface area contributed by atoms with E-state index in [-0.39, 0.29) is 6.42 Å². The van der Waals surface area contributed by atoms with Gasteiger partial charge in [0.2, 0.25) is 0 Å². The molecule has 0 aromatic rings. The molecule has 0 unspecified atom stereocenters. The smallest absolute Gasteiger partial charge is 0.305 e. The van der Waals surface area contributed by atoms with Crippen LogP contribution in [0.25, 0.3) is 0 Å². The van der Waals surface area contributed by atoms with Gasteiger partial charge in [0.15, 0.2) is 0 Å². The molecule has 0 aliphatic carbocycles. The molecule has 0 spiro atoms. The van der Waals surface area contributed by atoms with E-state index in [4.69, 9.17) is 5.11 Å². The molecule has 0 heterocycles. The Morgan fingerprint density at radius 2 is 2.08 bits per heavy atom. The van der Waals surface area contributed by atoms with Crippen LogP contribution in [0.15, 0.2) is 0 Å². The van der Waals surface area contributed by atoms with Crippen molar-refractivity contribution in [2.75, 3.05) is 0 Å². The lowest BCUT2D eigenvalue weighted by molar-refractivity contribution is -0.139. The lowest BCUT2D eigenvalue weighted by atomic mass is 9.96. The van der Waals surface area contributed by atoms with Gasteiger partial charge in [0, 0.05) is 0 Å². The second-order valence-corrected chi connectivity index (χ2v) is 3.73. The van der Waals surface area contributed by atoms with Gasteiger partial charge in [-0.1, -0.05) is 33.1 Å². The highest BCUT2D eigenvalue weighted by Crippen LogP contribution is 2.15. The van der Waals surface area contributed by atoms with E-state index in [1.807, 2.05) is 0 Å². The third-order valence-corrected chi connectivity index (χ3v) is 2.14. The zero-order valence-corrected chi connectivity index (χ0v) is 8.49. The Morgan fingerprint density at radius 3 is 2.54 bits per heavy atom. The van der Waals surface area contributed by atoms with Crippen LogP contribution in [-0.2, 0) is 4.79 Å². The monoisotopic (exact) mass is 188 g/mol. The van der Waals surface area contributed by atoms with E-state index < -0.39 is 12.1 Å². The zero-order chi connectivity index (χ0) is 10.3. The van der Waals surface area contributed by atoms with Crippen LogP contribution < -0.4 is 0 Å². The number of hydrogen-bond donors (Lipinski definition) is 2. The molecule has 0 saturated carbocycles. The van der Waals surface area contributed by atoms with E-state index in [9.17, 15) is 9.90 Å². The van der Waals surface area contributed by atoms with E-state index in [1.54, 1.807) is 0 Å². The molecule has 0 aromatic carbocycles. The molecule has 3 heteroatoms. The lowest BCUT2D eigenvalue weighted by Crippen LogP contribution is -2.16. The predicted molar refractivity (Wildman–Crippen MR) is 51.6 cm³/mol. The van der Waals surface area contributed by atoms with Gasteiger partial charge in [-0.05, 0) is 12.3 Å². The first-order chi connectivity index (χ1) is 6.06. The molecule has 0 aromatic heterocycles. The van der Waals surface area contributed by atoms with Gasteiger partial charge in [-0.15, -0.1) is 0 Å². The maximum atomic E-state index is 10.2. The number of carboxylic acids is 1. The fourth-order valence-electron chi connectivity index (χ4n) is 1.42. The Labute approximate surface area is 79.8 Å². The molecule has 3 nitrogen and oxygen atoms in total. The zero-order valence-electron chi connectivity index (χ0n) is 8.49. The summed E-state index contributed by atoms with van der Waals surface area (Å²) in [5, 5.41) is 17.7. The van der Waals surface area contributed by atoms with Crippen molar-refractivity contribution in [1.29, 1.82) is 0 Å². The topological polar surface area (TPSA) is 57.5 Å². The molecular weight excluding hydrogens is 168 g/mol. The maximum Gasteiger partial charge on any atom is 0.305 e. The number of aliphatic hydroxyl groups excluding tert-OH is 1. The molecule has 0 saturated heterocycles. The van der Waals surface area contributed by atoms with E-state index in [2.05, 4.69) is 13.8 Å². The second-order valence-electron chi connectivity index (χ2n) is 3.73. The van der Waals surface area contributed by atoms with Crippen molar-refractivity contribution in [3.05, 3.63) is 0 Å². The molecule has 0 fully saturated rings. The van der Waals surface area contributed by atoms with Gasteiger partial charge >= 0.3 is 5.97 Å². The minimum Gasteiger partial charge on any atom is -0.481 e. The van der Waals surface area contributed by atoms with Crippen molar-refractivity contribution in [2.24, 2.45) is 5.92 Å². The van der Waals surface area contributed by atoms with Crippen molar-refractivity contribution in [1.82, 2.24) is 0 Å². The van der Waals surface area contributed by atoms with E-state index in [0.29, 0.717) is 12.3 Å². The van der Waals surface area contributed by atoms with Gasteiger partial charge in [-0.2, -0.15) is 0 Å². The van der Waals surface area contributed by atoms with E-state index in [1.165, 1.54) is 0 Å². The Bertz CT molecular complexity index is 145. The Kier molecular flexibility index (Phi) is 6.59. The third-order valence-electron chi connectivity index (χ3n) is 2.14. The van der Waals surface area contributed by atoms with Crippen LogP contribution in [-0.4, -0.2) is 22.3 Å². The third kappa shape index (κ3) is 7.78. The lowest BCUT2D eigenvalue weighted by Gasteiger charge is -2.14. The standard InChI is InChI=1S/C10H20O3/c1-3-4-5-8(2)6-9(11)7-10(12)13/h8-9,11H,3-7H2,1-2H3,(H,12,13)/t8-,9+/m1/s1. The van der Waals surface area contributed by atoms with Crippen LogP contribution >= 0.6 is 0 Å². The van der Waals surface area contributed by atoms with Crippen LogP contribution in [0.4, 0.5) is 0 Å². The summed E-state index contributed by atoms with van der Waals surface area (Å²) in [6.45, 7) is 4.18. The molecule has 0 amide bonds. The second kappa shape index (κ2) is 6.89. The molecule has 0 radical (unpaired) electrons. The van der Waals surface area contributed by atoms with Gasteiger partial charge in [-0.3, -0.25) is 4.79 Å². The summed E-state index contributed by atoms with van der Waals surface area (Å²) < 4.78 is 0. The number of hydrogen-bond acceptors (Lipinski definition) is 2. The Hall–Kier alpha value is -0.570. The summed E-state index contributed by atoms with van der Waals surface area (Å²) in [7, 11) is 0. The molecule has 0 bridgehead atoms. The first-order valence-electron chi connectivity index (χ1n) is 4.96. The van der Waals surface area contributed by atoms with Gasteiger partial charge in [0.25, 0.3) is 0 Å². The summed E-state index contributed by atoms with van der Waals surface area (Å²) in [5.74, 6) is -0.496. The normalized spacial score (nSPS) is 15.3. The van der Waals surface area contributed by atoms with Crippen LogP contribution in [0.1, 0.15) is 46.0 Å². The highest BCUT2D eigenvalue weighted by molar-refractivity contribution is 5.67. The number of aliphatic hydroxyl groups is 1. The first-order valence-corrected chi connectivity index (χ1v) is 4.96. The SMILES string of the molecule is CCCC[C@@H](C)C[C@H](O)CC(=O)O. The molecule has 2 atom stereocenters. The molecule has 13 heavy (non-hydrogen) atoms. The number of carboxylic acid groups (broad SMARTS) is 1. The maximum absolute atomic E-state index is 10.2. The fraction of sp³-hybridized carbons (Fsp3) is 0.900.